The molecule has 0 heterocycles. The number of hydrogen-bond acceptors (Lipinski definition) is 3. The molecule has 0 saturated heterocycles. The molecule has 3 nitrogen and oxygen atoms in total. The Bertz CT molecular complexity index is 407. The van der Waals surface area contributed by atoms with Gasteiger partial charge in [0.2, 0.25) is 0 Å². The lowest BCUT2D eigenvalue weighted by Gasteiger charge is -2.13. The molecule has 0 aromatic heterocycles. The summed E-state index contributed by atoms with van der Waals surface area (Å²) in [5.74, 6) is 0.994. The predicted molar refractivity (Wildman–Crippen MR) is 74.8 cm³/mol. The molecule has 18 heavy (non-hydrogen) atoms. The Morgan fingerprint density at radius 1 is 1.33 bits per heavy atom. The Morgan fingerprint density at radius 3 is 2.44 bits per heavy atom. The van der Waals surface area contributed by atoms with Gasteiger partial charge in [0, 0.05) is 12.5 Å². The number of ketones is 1. The SMILES string of the molecule is COc1ccc(C=CC(=O)C(C)CN(C)C)cc1. The smallest absolute Gasteiger partial charge is 0.159 e. The monoisotopic (exact) mass is 247 g/mol. The van der Waals surface area contributed by atoms with Gasteiger partial charge in [-0.1, -0.05) is 25.1 Å². The lowest BCUT2D eigenvalue weighted by atomic mass is 10.0. The van der Waals surface area contributed by atoms with Gasteiger partial charge < -0.3 is 9.64 Å². The third-order valence-corrected chi connectivity index (χ3v) is 2.68. The highest BCUT2D eigenvalue weighted by atomic mass is 16.5. The van der Waals surface area contributed by atoms with Crippen molar-refractivity contribution in [3.63, 3.8) is 0 Å². The molecule has 0 aliphatic heterocycles. The van der Waals surface area contributed by atoms with Crippen molar-refractivity contribution >= 4 is 11.9 Å². The van der Waals surface area contributed by atoms with Crippen LogP contribution in [0, 0.1) is 5.92 Å². The zero-order chi connectivity index (χ0) is 13.5. The fourth-order valence-corrected chi connectivity index (χ4v) is 1.70. The van der Waals surface area contributed by atoms with E-state index in [1.165, 1.54) is 0 Å². The minimum Gasteiger partial charge on any atom is -0.497 e. The van der Waals surface area contributed by atoms with Crippen molar-refractivity contribution in [2.24, 2.45) is 5.92 Å². The van der Waals surface area contributed by atoms with E-state index in [0.29, 0.717) is 0 Å². The van der Waals surface area contributed by atoms with Gasteiger partial charge in [0.05, 0.1) is 7.11 Å². The van der Waals surface area contributed by atoms with Crippen LogP contribution in [0.25, 0.3) is 6.08 Å². The summed E-state index contributed by atoms with van der Waals surface area (Å²) in [4.78, 5) is 13.9. The quantitative estimate of drug-likeness (QED) is 0.723. The Hall–Kier alpha value is -1.61. The fraction of sp³-hybridized carbons (Fsp3) is 0.400. The first-order chi connectivity index (χ1) is 8.52. The topological polar surface area (TPSA) is 29.5 Å². The molecule has 0 aliphatic carbocycles. The van der Waals surface area contributed by atoms with E-state index in [4.69, 9.17) is 4.74 Å². The summed E-state index contributed by atoms with van der Waals surface area (Å²) in [6.45, 7) is 2.71. The number of allylic oxidation sites excluding steroid dienone is 1. The first kappa shape index (κ1) is 14.5. The molecular weight excluding hydrogens is 226 g/mol. The summed E-state index contributed by atoms with van der Waals surface area (Å²) in [5, 5.41) is 0. The van der Waals surface area contributed by atoms with Crippen molar-refractivity contribution in [1.29, 1.82) is 0 Å². The van der Waals surface area contributed by atoms with E-state index in [1.807, 2.05) is 56.3 Å². The summed E-state index contributed by atoms with van der Waals surface area (Å²) >= 11 is 0. The average Bonchev–Trinajstić information content (AvgIpc) is 2.35. The van der Waals surface area contributed by atoms with E-state index in [1.54, 1.807) is 13.2 Å². The first-order valence-corrected chi connectivity index (χ1v) is 6.03. The summed E-state index contributed by atoms with van der Waals surface area (Å²) in [6.07, 6.45) is 3.49. The minimum atomic E-state index is 0.0227. The molecule has 3 heteroatoms. The maximum absolute atomic E-state index is 11.8. The van der Waals surface area contributed by atoms with Crippen LogP contribution in [0.5, 0.6) is 5.75 Å². The van der Waals surface area contributed by atoms with Crippen molar-refractivity contribution in [2.45, 2.75) is 6.92 Å². The molecule has 0 N–H and O–H groups in total. The molecular formula is C15H21NO2. The summed E-state index contributed by atoms with van der Waals surface area (Å²) in [7, 11) is 5.57. The highest BCUT2D eigenvalue weighted by Crippen LogP contribution is 2.12. The van der Waals surface area contributed by atoms with E-state index in [0.717, 1.165) is 17.9 Å². The third-order valence-electron chi connectivity index (χ3n) is 2.68. The standard InChI is InChI=1S/C15H21NO2/c1-12(11-16(2)3)15(17)10-7-13-5-8-14(18-4)9-6-13/h5-10,12H,11H2,1-4H3. The number of benzene rings is 1. The van der Waals surface area contributed by atoms with Crippen LogP contribution in [0.4, 0.5) is 0 Å². The number of nitrogens with zero attached hydrogens (tertiary/aromatic N) is 1. The van der Waals surface area contributed by atoms with E-state index in [9.17, 15) is 4.79 Å². The molecule has 1 rings (SSSR count). The van der Waals surface area contributed by atoms with E-state index < -0.39 is 0 Å². The molecule has 0 radical (unpaired) electrons. The van der Waals surface area contributed by atoms with Gasteiger partial charge in [0.1, 0.15) is 5.75 Å². The zero-order valence-electron chi connectivity index (χ0n) is 11.5. The van der Waals surface area contributed by atoms with Crippen LogP contribution in [-0.4, -0.2) is 38.4 Å². The molecule has 1 aromatic carbocycles. The van der Waals surface area contributed by atoms with Crippen LogP contribution in [0.3, 0.4) is 0 Å². The second-order valence-electron chi connectivity index (χ2n) is 4.67. The number of carbonyl (C=O) groups excluding carboxylic acids is 1. The number of hydrogen-bond donors (Lipinski definition) is 0. The van der Waals surface area contributed by atoms with E-state index in [2.05, 4.69) is 0 Å². The van der Waals surface area contributed by atoms with E-state index >= 15 is 0 Å². The molecule has 1 aromatic rings. The molecule has 1 atom stereocenters. The fourth-order valence-electron chi connectivity index (χ4n) is 1.70. The Balaban J connectivity index is 2.59. The first-order valence-electron chi connectivity index (χ1n) is 6.03. The second-order valence-corrected chi connectivity index (χ2v) is 4.67. The van der Waals surface area contributed by atoms with Crippen molar-refractivity contribution < 1.29 is 9.53 Å². The normalized spacial score (nSPS) is 12.9. The van der Waals surface area contributed by atoms with Gasteiger partial charge in [-0.25, -0.2) is 0 Å². The molecule has 1 unspecified atom stereocenters. The van der Waals surface area contributed by atoms with Crippen LogP contribution in [0.2, 0.25) is 0 Å². The molecule has 98 valence electrons. The lowest BCUT2D eigenvalue weighted by molar-refractivity contribution is -0.118. The number of carbonyl (C=O) groups is 1. The van der Waals surface area contributed by atoms with Gasteiger partial charge >= 0.3 is 0 Å². The largest absolute Gasteiger partial charge is 0.497 e. The second kappa shape index (κ2) is 6.97. The summed E-state index contributed by atoms with van der Waals surface area (Å²) in [6, 6.07) is 7.62. The molecule has 0 amide bonds. The molecule has 0 aliphatic rings. The van der Waals surface area contributed by atoms with Crippen LogP contribution >= 0.6 is 0 Å². The van der Waals surface area contributed by atoms with Crippen LogP contribution in [-0.2, 0) is 4.79 Å². The zero-order valence-corrected chi connectivity index (χ0v) is 11.5. The Labute approximate surface area is 109 Å². The summed E-state index contributed by atoms with van der Waals surface area (Å²) in [5.41, 5.74) is 1.00. The lowest BCUT2D eigenvalue weighted by Crippen LogP contribution is -2.24. The molecule has 0 spiro atoms. The van der Waals surface area contributed by atoms with Gasteiger partial charge in [0.25, 0.3) is 0 Å². The highest BCUT2D eigenvalue weighted by molar-refractivity contribution is 5.95. The molecule has 0 bridgehead atoms. The van der Waals surface area contributed by atoms with Crippen molar-refractivity contribution in [2.75, 3.05) is 27.7 Å². The molecule has 0 saturated carbocycles. The summed E-state index contributed by atoms with van der Waals surface area (Å²) < 4.78 is 5.08. The van der Waals surface area contributed by atoms with Gasteiger partial charge in [-0.15, -0.1) is 0 Å². The number of ether oxygens (including phenoxy) is 1. The number of rotatable bonds is 6. The average molecular weight is 247 g/mol. The maximum atomic E-state index is 11.8. The van der Waals surface area contributed by atoms with Crippen LogP contribution in [0.15, 0.2) is 30.3 Å². The number of methoxy groups -OCH3 is 1. The minimum absolute atomic E-state index is 0.0227. The third kappa shape index (κ3) is 4.72. The Morgan fingerprint density at radius 2 is 1.94 bits per heavy atom. The van der Waals surface area contributed by atoms with Crippen molar-refractivity contribution in [3.05, 3.63) is 35.9 Å². The van der Waals surface area contributed by atoms with Crippen molar-refractivity contribution in [3.8, 4) is 5.75 Å². The van der Waals surface area contributed by atoms with Gasteiger partial charge in [-0.2, -0.15) is 0 Å². The molecule has 0 fully saturated rings. The van der Waals surface area contributed by atoms with Gasteiger partial charge in [-0.3, -0.25) is 4.79 Å². The predicted octanol–water partition coefficient (Wildman–Crippen LogP) is 2.48. The van der Waals surface area contributed by atoms with Crippen molar-refractivity contribution in [1.82, 2.24) is 4.90 Å². The van der Waals surface area contributed by atoms with E-state index in [-0.39, 0.29) is 11.7 Å². The Kier molecular flexibility index (Phi) is 5.59. The highest BCUT2D eigenvalue weighted by Gasteiger charge is 2.10. The van der Waals surface area contributed by atoms with Crippen LogP contribution in [0.1, 0.15) is 12.5 Å². The van der Waals surface area contributed by atoms with Gasteiger partial charge in [0.15, 0.2) is 5.78 Å². The van der Waals surface area contributed by atoms with Gasteiger partial charge in [-0.05, 0) is 37.9 Å². The maximum Gasteiger partial charge on any atom is 0.159 e. The van der Waals surface area contributed by atoms with Crippen LogP contribution < -0.4 is 4.74 Å².